The van der Waals surface area contributed by atoms with Gasteiger partial charge in [0, 0.05) is 12.8 Å². The number of amides is 1. The number of carbonyl (C=O) groups excluding carboxylic acids is 2. The van der Waals surface area contributed by atoms with Crippen LogP contribution in [0.1, 0.15) is 348 Å². The van der Waals surface area contributed by atoms with Crippen molar-refractivity contribution < 1.29 is 24.5 Å². The minimum absolute atomic E-state index is 0.0189. The van der Waals surface area contributed by atoms with Crippen LogP contribution in [-0.4, -0.2) is 47.4 Å². The monoisotopic (exact) mass is 960 g/mol. The maximum absolute atomic E-state index is 12.4. The number of hydrogen-bond acceptors (Lipinski definition) is 5. The van der Waals surface area contributed by atoms with Gasteiger partial charge in [-0.1, -0.05) is 315 Å². The molecule has 0 aromatic rings. The van der Waals surface area contributed by atoms with Crippen molar-refractivity contribution in [2.75, 3.05) is 13.2 Å². The molecule has 0 heterocycles. The number of aliphatic hydroxyl groups excluding tert-OH is 2. The van der Waals surface area contributed by atoms with Crippen molar-refractivity contribution in [3.63, 3.8) is 0 Å². The Kier molecular flexibility index (Phi) is 57.0. The molecular weight excluding hydrogens is 839 g/mol. The van der Waals surface area contributed by atoms with Crippen LogP contribution >= 0.6 is 0 Å². The SMILES string of the molecule is CCCCCCCCCCC/C=C/C(O)C(CO)NC(=O)CCCCCCCCCCCCCCCCCCCCCCCCCCOC(=O)CCCCCCCCCCCCCCCCCC. The van der Waals surface area contributed by atoms with Crippen molar-refractivity contribution in [1.82, 2.24) is 5.32 Å². The van der Waals surface area contributed by atoms with E-state index in [1.54, 1.807) is 6.08 Å². The summed E-state index contributed by atoms with van der Waals surface area (Å²) in [6.45, 7) is 4.92. The zero-order chi connectivity index (χ0) is 49.3. The molecule has 0 aromatic carbocycles. The highest BCUT2D eigenvalue weighted by molar-refractivity contribution is 5.76. The van der Waals surface area contributed by atoms with Gasteiger partial charge in [0.2, 0.25) is 5.91 Å². The van der Waals surface area contributed by atoms with Gasteiger partial charge in [-0.25, -0.2) is 0 Å². The Morgan fingerprint density at radius 1 is 0.397 bits per heavy atom. The van der Waals surface area contributed by atoms with Crippen LogP contribution in [0.2, 0.25) is 0 Å². The molecule has 1 amide bonds. The summed E-state index contributed by atoms with van der Waals surface area (Å²) in [6.07, 6.45) is 69.7. The Morgan fingerprint density at radius 2 is 0.676 bits per heavy atom. The molecular formula is C62H121NO5. The van der Waals surface area contributed by atoms with E-state index in [2.05, 4.69) is 19.2 Å². The van der Waals surface area contributed by atoms with Gasteiger partial charge < -0.3 is 20.3 Å². The Bertz CT molecular complexity index is 1020. The Labute approximate surface area is 425 Å². The first kappa shape index (κ1) is 66.6. The number of ether oxygens (including phenoxy) is 1. The van der Waals surface area contributed by atoms with E-state index in [1.165, 1.54) is 283 Å². The van der Waals surface area contributed by atoms with Gasteiger partial charge >= 0.3 is 5.97 Å². The van der Waals surface area contributed by atoms with Gasteiger partial charge in [-0.05, 0) is 32.1 Å². The smallest absolute Gasteiger partial charge is 0.305 e. The molecule has 68 heavy (non-hydrogen) atoms. The van der Waals surface area contributed by atoms with Gasteiger partial charge in [-0.3, -0.25) is 9.59 Å². The number of aliphatic hydroxyl groups is 2. The predicted octanol–water partition coefficient (Wildman–Crippen LogP) is 19.2. The molecule has 0 aliphatic heterocycles. The van der Waals surface area contributed by atoms with Gasteiger partial charge in [0.15, 0.2) is 0 Å². The number of hydrogen-bond donors (Lipinski definition) is 3. The highest BCUT2D eigenvalue weighted by atomic mass is 16.5. The molecule has 0 bridgehead atoms. The van der Waals surface area contributed by atoms with Gasteiger partial charge in [0.05, 0.1) is 25.4 Å². The minimum atomic E-state index is -0.841. The number of rotatable bonds is 58. The lowest BCUT2D eigenvalue weighted by Gasteiger charge is -2.20. The van der Waals surface area contributed by atoms with Crippen LogP contribution in [0.4, 0.5) is 0 Å². The molecule has 0 radical (unpaired) electrons. The molecule has 3 N–H and O–H groups in total. The van der Waals surface area contributed by atoms with Crippen molar-refractivity contribution in [2.24, 2.45) is 0 Å². The van der Waals surface area contributed by atoms with E-state index in [4.69, 9.17) is 4.74 Å². The van der Waals surface area contributed by atoms with E-state index < -0.39 is 12.1 Å². The molecule has 0 aromatic heterocycles. The fourth-order valence-corrected chi connectivity index (χ4v) is 9.81. The van der Waals surface area contributed by atoms with Crippen molar-refractivity contribution in [1.29, 1.82) is 0 Å². The molecule has 0 aliphatic rings. The zero-order valence-corrected chi connectivity index (χ0v) is 46.1. The second-order valence-electron chi connectivity index (χ2n) is 21.4. The second kappa shape index (κ2) is 58.2. The maximum Gasteiger partial charge on any atom is 0.305 e. The van der Waals surface area contributed by atoms with Crippen LogP contribution in [0, 0.1) is 0 Å². The lowest BCUT2D eigenvalue weighted by molar-refractivity contribution is -0.143. The molecule has 0 spiro atoms. The van der Waals surface area contributed by atoms with Gasteiger partial charge in [-0.2, -0.15) is 0 Å². The quantitative estimate of drug-likeness (QED) is 0.0321. The first-order chi connectivity index (χ1) is 33.5. The molecule has 404 valence electrons. The Hall–Kier alpha value is -1.40. The normalized spacial score (nSPS) is 12.6. The average Bonchev–Trinajstić information content (AvgIpc) is 3.34. The van der Waals surface area contributed by atoms with Gasteiger partial charge in [-0.15, -0.1) is 0 Å². The molecule has 2 atom stereocenters. The minimum Gasteiger partial charge on any atom is -0.466 e. The van der Waals surface area contributed by atoms with Crippen LogP contribution in [0.25, 0.3) is 0 Å². The highest BCUT2D eigenvalue weighted by Crippen LogP contribution is 2.18. The first-order valence-electron chi connectivity index (χ1n) is 31.0. The van der Waals surface area contributed by atoms with Gasteiger partial charge in [0.25, 0.3) is 0 Å². The molecule has 6 heteroatoms. The van der Waals surface area contributed by atoms with Crippen molar-refractivity contribution in [3.05, 3.63) is 12.2 Å². The third-order valence-corrected chi connectivity index (χ3v) is 14.6. The number of nitrogens with one attached hydrogen (secondary N) is 1. The molecule has 0 rings (SSSR count). The van der Waals surface area contributed by atoms with Crippen LogP contribution in [0.3, 0.4) is 0 Å². The second-order valence-corrected chi connectivity index (χ2v) is 21.4. The fourth-order valence-electron chi connectivity index (χ4n) is 9.81. The van der Waals surface area contributed by atoms with Crippen molar-refractivity contribution >= 4 is 11.9 Å². The summed E-state index contributed by atoms with van der Waals surface area (Å²) in [6, 6.07) is -0.624. The average molecular weight is 961 g/mol. The number of carbonyl (C=O) groups is 2. The van der Waals surface area contributed by atoms with Crippen molar-refractivity contribution in [2.45, 2.75) is 360 Å². The molecule has 0 saturated carbocycles. The summed E-state index contributed by atoms with van der Waals surface area (Å²) in [5, 5.41) is 23.0. The molecule has 0 saturated heterocycles. The van der Waals surface area contributed by atoms with Crippen molar-refractivity contribution in [3.8, 4) is 0 Å². The topological polar surface area (TPSA) is 95.9 Å². The summed E-state index contributed by atoms with van der Waals surface area (Å²) in [5.74, 6) is -0.0477. The third-order valence-electron chi connectivity index (χ3n) is 14.6. The van der Waals surface area contributed by atoms with E-state index in [9.17, 15) is 19.8 Å². The summed E-state index contributed by atoms with van der Waals surface area (Å²) in [5.41, 5.74) is 0. The maximum atomic E-state index is 12.4. The van der Waals surface area contributed by atoms with E-state index in [1.807, 2.05) is 6.08 Å². The van der Waals surface area contributed by atoms with Crippen LogP contribution in [0.15, 0.2) is 12.2 Å². The van der Waals surface area contributed by atoms with E-state index in [0.717, 1.165) is 38.5 Å². The highest BCUT2D eigenvalue weighted by Gasteiger charge is 2.18. The number of allylic oxidation sites excluding steroid dienone is 1. The lowest BCUT2D eigenvalue weighted by Crippen LogP contribution is -2.45. The van der Waals surface area contributed by atoms with E-state index in [0.29, 0.717) is 19.4 Å². The molecule has 6 nitrogen and oxygen atoms in total. The summed E-state index contributed by atoms with van der Waals surface area (Å²) >= 11 is 0. The third kappa shape index (κ3) is 53.9. The Balaban J connectivity index is 3.34. The summed E-state index contributed by atoms with van der Waals surface area (Å²) < 4.78 is 5.50. The van der Waals surface area contributed by atoms with E-state index in [-0.39, 0.29) is 18.5 Å². The standard InChI is InChI=1S/C62H121NO5/c1-3-5-7-9-11-13-15-16-17-29-32-36-40-44-48-52-56-62(67)68-57-53-49-45-41-37-33-30-27-25-23-21-19-18-20-22-24-26-28-31-35-39-43-47-51-55-61(66)63-59(58-64)60(65)54-50-46-42-38-34-14-12-10-8-6-4-2/h50,54,59-60,64-65H,3-49,51-53,55-58H2,1-2H3,(H,63,66)/b54-50+. The van der Waals surface area contributed by atoms with Crippen LogP contribution in [0.5, 0.6) is 0 Å². The number of unbranched alkanes of at least 4 members (excludes halogenated alkanes) is 47. The predicted molar refractivity (Wildman–Crippen MR) is 297 cm³/mol. The first-order valence-corrected chi connectivity index (χ1v) is 31.0. The summed E-state index contributed by atoms with van der Waals surface area (Å²) in [7, 11) is 0. The van der Waals surface area contributed by atoms with Crippen LogP contribution in [-0.2, 0) is 14.3 Å². The fraction of sp³-hybridized carbons (Fsp3) is 0.935. The van der Waals surface area contributed by atoms with Crippen LogP contribution < -0.4 is 5.32 Å². The molecule has 0 fully saturated rings. The number of esters is 1. The lowest BCUT2D eigenvalue weighted by atomic mass is 10.0. The molecule has 0 aliphatic carbocycles. The largest absolute Gasteiger partial charge is 0.466 e. The zero-order valence-electron chi connectivity index (χ0n) is 46.1. The van der Waals surface area contributed by atoms with E-state index >= 15 is 0 Å². The Morgan fingerprint density at radius 3 is 1.00 bits per heavy atom. The van der Waals surface area contributed by atoms with Gasteiger partial charge in [0.1, 0.15) is 0 Å². The molecule has 2 unspecified atom stereocenters. The summed E-state index contributed by atoms with van der Waals surface area (Å²) in [4.78, 5) is 24.5.